The molecule has 0 aromatic heterocycles. The molecule has 2 aliphatic heterocycles. The number of nitrogens with one attached hydrogen (secondary N) is 2. The molecule has 1 aromatic carbocycles. The van der Waals surface area contributed by atoms with Crippen molar-refractivity contribution in [3.63, 3.8) is 0 Å². The van der Waals surface area contributed by atoms with Crippen molar-refractivity contribution in [3.05, 3.63) is 42.0 Å². The lowest BCUT2D eigenvalue weighted by molar-refractivity contribution is -1.01. The number of hydrogen-bond donors (Lipinski definition) is 2. The number of ether oxygens (including phenoxy) is 1. The number of carbonyl (C=O) groups is 2. The van der Waals surface area contributed by atoms with Gasteiger partial charge in [-0.3, -0.25) is 4.79 Å². The van der Waals surface area contributed by atoms with E-state index >= 15 is 0 Å². The molecule has 0 unspecified atom stereocenters. The fraction of sp³-hybridized carbons (Fsp3) is 0.444. The Morgan fingerprint density at radius 2 is 1.83 bits per heavy atom. The van der Waals surface area contributed by atoms with Gasteiger partial charge in [0.2, 0.25) is 0 Å². The van der Waals surface area contributed by atoms with Gasteiger partial charge in [-0.05, 0) is 11.6 Å². The van der Waals surface area contributed by atoms with Crippen LogP contribution in [0.4, 0.5) is 4.79 Å². The lowest BCUT2D eigenvalue weighted by Crippen LogP contribution is -3.28. The first-order chi connectivity index (χ1) is 11.7. The molecule has 24 heavy (non-hydrogen) atoms. The van der Waals surface area contributed by atoms with Gasteiger partial charge in [0.05, 0.1) is 13.1 Å². The fourth-order valence-corrected chi connectivity index (χ4v) is 3.19. The van der Waals surface area contributed by atoms with Crippen LogP contribution in [0.1, 0.15) is 5.56 Å². The van der Waals surface area contributed by atoms with Crippen molar-refractivity contribution < 1.29 is 24.1 Å². The quantitative estimate of drug-likeness (QED) is 0.688. The summed E-state index contributed by atoms with van der Waals surface area (Å²) in [5.74, 6) is -0.111. The summed E-state index contributed by atoms with van der Waals surface area (Å²) in [5, 5.41) is 0. The number of quaternary nitrogens is 2. The lowest BCUT2D eigenvalue weighted by atomic mass is 10.2. The maximum Gasteiger partial charge on any atom is 0.416 e. The van der Waals surface area contributed by atoms with E-state index in [0.29, 0.717) is 19.7 Å². The molecule has 2 aliphatic rings. The van der Waals surface area contributed by atoms with Gasteiger partial charge in [-0.25, -0.2) is 9.69 Å². The minimum absolute atomic E-state index is 0.111. The number of imide groups is 1. The zero-order valence-electron chi connectivity index (χ0n) is 13.9. The molecule has 2 N–H and O–H groups in total. The molecule has 6 nitrogen and oxygen atoms in total. The molecule has 2 saturated heterocycles. The summed E-state index contributed by atoms with van der Waals surface area (Å²) in [6.45, 7) is 6.14. The first-order valence-electron chi connectivity index (χ1n) is 8.58. The first kappa shape index (κ1) is 16.7. The average molecular weight is 331 g/mol. The van der Waals surface area contributed by atoms with E-state index in [-0.39, 0.29) is 5.91 Å². The number of amides is 2. The topological polar surface area (TPSA) is 55.5 Å². The molecule has 0 bridgehead atoms. The standard InChI is InChI=1S/C18H23N3O3/c22-17(21-13-14-24-18(21)23)15-20-11-9-19(10-12-20)8-4-7-16-5-2-1-3-6-16/h1-7H,8-15H2/p+2/b7-4+. The lowest BCUT2D eigenvalue weighted by Gasteiger charge is -2.29. The van der Waals surface area contributed by atoms with Gasteiger partial charge in [0, 0.05) is 0 Å². The summed E-state index contributed by atoms with van der Waals surface area (Å²) < 4.78 is 4.82. The Morgan fingerprint density at radius 3 is 2.50 bits per heavy atom. The fourth-order valence-electron chi connectivity index (χ4n) is 3.19. The van der Waals surface area contributed by atoms with Crippen molar-refractivity contribution in [2.24, 2.45) is 0 Å². The third-order valence-electron chi connectivity index (χ3n) is 4.64. The molecule has 0 saturated carbocycles. The van der Waals surface area contributed by atoms with Crippen molar-refractivity contribution in [3.8, 4) is 0 Å². The highest BCUT2D eigenvalue weighted by Gasteiger charge is 2.32. The van der Waals surface area contributed by atoms with Gasteiger partial charge in [-0.1, -0.05) is 36.4 Å². The number of hydrogen-bond acceptors (Lipinski definition) is 3. The van der Waals surface area contributed by atoms with Crippen molar-refractivity contribution in [1.29, 1.82) is 0 Å². The Bertz CT molecular complexity index is 595. The smallest absolute Gasteiger partial charge is 0.416 e. The molecule has 2 heterocycles. The summed E-state index contributed by atoms with van der Waals surface area (Å²) >= 11 is 0. The Hall–Kier alpha value is -2.18. The summed E-state index contributed by atoms with van der Waals surface area (Å²) in [6.07, 6.45) is 3.89. The van der Waals surface area contributed by atoms with Gasteiger partial charge in [-0.2, -0.15) is 0 Å². The second-order valence-electron chi connectivity index (χ2n) is 6.35. The minimum Gasteiger partial charge on any atom is -0.447 e. The number of carbonyl (C=O) groups excluding carboxylic acids is 2. The number of rotatable bonds is 5. The van der Waals surface area contributed by atoms with Gasteiger partial charge < -0.3 is 14.5 Å². The van der Waals surface area contributed by atoms with Crippen LogP contribution in [0.25, 0.3) is 6.08 Å². The van der Waals surface area contributed by atoms with E-state index in [9.17, 15) is 9.59 Å². The van der Waals surface area contributed by atoms with E-state index in [1.807, 2.05) is 18.2 Å². The Balaban J connectivity index is 1.39. The van der Waals surface area contributed by atoms with Crippen molar-refractivity contribution in [1.82, 2.24) is 4.90 Å². The van der Waals surface area contributed by atoms with Gasteiger partial charge in [0.25, 0.3) is 5.91 Å². The van der Waals surface area contributed by atoms with Crippen LogP contribution in [0.2, 0.25) is 0 Å². The maximum atomic E-state index is 12.1. The summed E-state index contributed by atoms with van der Waals surface area (Å²) in [6, 6.07) is 10.3. The predicted octanol–water partition coefficient (Wildman–Crippen LogP) is -1.54. The number of nitrogens with zero attached hydrogens (tertiary/aromatic N) is 1. The second-order valence-corrected chi connectivity index (χ2v) is 6.35. The SMILES string of the molecule is O=C(C[NH+]1CC[NH+](C/C=C/c2ccccc2)CC1)N1CCOC1=O. The Labute approximate surface area is 142 Å². The molecule has 3 rings (SSSR count). The van der Waals surface area contributed by atoms with E-state index in [0.717, 1.165) is 32.7 Å². The van der Waals surface area contributed by atoms with Gasteiger partial charge in [-0.15, -0.1) is 0 Å². The summed E-state index contributed by atoms with van der Waals surface area (Å²) in [4.78, 5) is 27.6. The van der Waals surface area contributed by atoms with E-state index < -0.39 is 6.09 Å². The van der Waals surface area contributed by atoms with Crippen LogP contribution in [-0.2, 0) is 9.53 Å². The largest absolute Gasteiger partial charge is 0.447 e. The highest BCUT2D eigenvalue weighted by atomic mass is 16.6. The molecule has 0 aliphatic carbocycles. The number of benzene rings is 1. The molecule has 1 aromatic rings. The van der Waals surface area contributed by atoms with Crippen LogP contribution in [0.3, 0.4) is 0 Å². The van der Waals surface area contributed by atoms with Crippen LogP contribution in [0.5, 0.6) is 0 Å². The second kappa shape index (κ2) is 8.08. The van der Waals surface area contributed by atoms with E-state index in [1.165, 1.54) is 15.4 Å². The molecule has 2 fully saturated rings. The number of piperazine rings is 1. The van der Waals surface area contributed by atoms with E-state index in [4.69, 9.17) is 4.74 Å². The molecule has 0 radical (unpaired) electrons. The first-order valence-corrected chi connectivity index (χ1v) is 8.58. The van der Waals surface area contributed by atoms with Crippen molar-refractivity contribution in [2.75, 3.05) is 52.4 Å². The zero-order valence-corrected chi connectivity index (χ0v) is 13.9. The molecular formula is C18H25N3O3+2. The number of cyclic esters (lactones) is 1. The van der Waals surface area contributed by atoms with Crippen LogP contribution < -0.4 is 9.80 Å². The van der Waals surface area contributed by atoms with Gasteiger partial charge in [0.1, 0.15) is 32.8 Å². The highest BCUT2D eigenvalue weighted by Crippen LogP contribution is 2.02. The molecular weight excluding hydrogens is 306 g/mol. The maximum absolute atomic E-state index is 12.1. The van der Waals surface area contributed by atoms with Crippen molar-refractivity contribution >= 4 is 18.1 Å². The van der Waals surface area contributed by atoms with Gasteiger partial charge >= 0.3 is 6.09 Å². The van der Waals surface area contributed by atoms with Gasteiger partial charge in [0.15, 0.2) is 6.54 Å². The third-order valence-corrected chi connectivity index (χ3v) is 4.64. The normalized spacial score (nSPS) is 24.3. The monoisotopic (exact) mass is 331 g/mol. The Kier molecular flexibility index (Phi) is 5.61. The average Bonchev–Trinajstić information content (AvgIpc) is 3.04. The van der Waals surface area contributed by atoms with Crippen LogP contribution in [-0.4, -0.2) is 69.3 Å². The molecule has 0 atom stereocenters. The van der Waals surface area contributed by atoms with Crippen molar-refractivity contribution in [2.45, 2.75) is 0 Å². The summed E-state index contributed by atoms with van der Waals surface area (Å²) in [5.41, 5.74) is 1.23. The summed E-state index contributed by atoms with van der Waals surface area (Å²) in [7, 11) is 0. The molecule has 0 spiro atoms. The molecule has 128 valence electrons. The van der Waals surface area contributed by atoms with Crippen LogP contribution in [0, 0.1) is 0 Å². The van der Waals surface area contributed by atoms with E-state index in [1.54, 1.807) is 4.90 Å². The minimum atomic E-state index is -0.491. The molecule has 6 heteroatoms. The predicted molar refractivity (Wildman–Crippen MR) is 89.7 cm³/mol. The Morgan fingerprint density at radius 1 is 1.12 bits per heavy atom. The third kappa shape index (κ3) is 4.43. The van der Waals surface area contributed by atoms with Crippen LogP contribution >= 0.6 is 0 Å². The molecule has 2 amide bonds. The van der Waals surface area contributed by atoms with E-state index in [2.05, 4.69) is 24.3 Å². The zero-order chi connectivity index (χ0) is 16.8. The van der Waals surface area contributed by atoms with Crippen LogP contribution in [0.15, 0.2) is 36.4 Å². The highest BCUT2D eigenvalue weighted by molar-refractivity contribution is 5.93.